The average Bonchev–Trinajstić information content (AvgIpc) is 2.35. The van der Waals surface area contributed by atoms with E-state index in [1.807, 2.05) is 35.6 Å². The first-order chi connectivity index (χ1) is 9.62. The number of benzene rings is 1. The number of ether oxygens (including phenoxy) is 1. The Labute approximate surface area is 123 Å². The molecule has 21 heavy (non-hydrogen) atoms. The van der Waals surface area contributed by atoms with Crippen molar-refractivity contribution in [2.24, 2.45) is 0 Å². The van der Waals surface area contributed by atoms with Crippen molar-refractivity contribution in [3.63, 3.8) is 0 Å². The van der Waals surface area contributed by atoms with Crippen LogP contribution in [-0.4, -0.2) is 33.6 Å². The molecule has 0 saturated heterocycles. The smallest absolute Gasteiger partial charge is 0.410 e. The number of carbonyl (C=O) groups is 2. The van der Waals surface area contributed by atoms with Gasteiger partial charge in [-0.15, -0.1) is 0 Å². The first kappa shape index (κ1) is 17.0. The lowest BCUT2D eigenvalue weighted by atomic mass is 10.0. The maximum absolute atomic E-state index is 11.6. The SMILES string of the molecule is CC(C)(C)OC(=O)N[C@](O)(CCc1ccccc1)C(=O)O. The highest BCUT2D eigenvalue weighted by molar-refractivity contribution is 5.82. The zero-order valence-corrected chi connectivity index (χ0v) is 12.4. The molecule has 0 radical (unpaired) electrons. The highest BCUT2D eigenvalue weighted by Crippen LogP contribution is 2.14. The first-order valence-electron chi connectivity index (χ1n) is 6.63. The molecular formula is C15H21NO5. The Hall–Kier alpha value is -2.08. The van der Waals surface area contributed by atoms with E-state index in [-0.39, 0.29) is 6.42 Å². The second-order valence-corrected chi connectivity index (χ2v) is 5.78. The van der Waals surface area contributed by atoms with Gasteiger partial charge in [0, 0.05) is 6.42 Å². The van der Waals surface area contributed by atoms with Crippen LogP contribution in [0.3, 0.4) is 0 Å². The average molecular weight is 295 g/mol. The quantitative estimate of drug-likeness (QED) is 0.721. The molecule has 1 atom stereocenters. The Morgan fingerprint density at radius 2 is 1.76 bits per heavy atom. The molecule has 0 unspecified atom stereocenters. The van der Waals surface area contributed by atoms with Crippen LogP contribution < -0.4 is 5.32 Å². The van der Waals surface area contributed by atoms with E-state index < -0.39 is 23.4 Å². The lowest BCUT2D eigenvalue weighted by molar-refractivity contribution is -0.162. The van der Waals surface area contributed by atoms with Gasteiger partial charge in [0.05, 0.1) is 0 Å². The third kappa shape index (κ3) is 5.83. The van der Waals surface area contributed by atoms with Crippen LogP contribution in [0.15, 0.2) is 30.3 Å². The lowest BCUT2D eigenvalue weighted by Gasteiger charge is -2.27. The minimum Gasteiger partial charge on any atom is -0.478 e. The number of rotatable bonds is 5. The van der Waals surface area contributed by atoms with Crippen LogP contribution in [0.2, 0.25) is 0 Å². The van der Waals surface area contributed by atoms with Crippen LogP contribution >= 0.6 is 0 Å². The Balaban J connectivity index is 2.70. The summed E-state index contributed by atoms with van der Waals surface area (Å²) in [5.74, 6) is -1.52. The summed E-state index contributed by atoms with van der Waals surface area (Å²) in [5, 5.41) is 21.3. The minimum absolute atomic E-state index is 0.161. The number of amides is 1. The van der Waals surface area contributed by atoms with Gasteiger partial charge in [-0.25, -0.2) is 9.59 Å². The second kappa shape index (κ2) is 6.58. The molecule has 6 heteroatoms. The zero-order chi connectivity index (χ0) is 16.1. The van der Waals surface area contributed by atoms with Crippen LogP contribution in [0.1, 0.15) is 32.8 Å². The molecule has 116 valence electrons. The van der Waals surface area contributed by atoms with E-state index in [1.54, 1.807) is 20.8 Å². The molecule has 3 N–H and O–H groups in total. The van der Waals surface area contributed by atoms with Crippen molar-refractivity contribution in [1.82, 2.24) is 5.32 Å². The molecule has 1 rings (SSSR count). The zero-order valence-electron chi connectivity index (χ0n) is 12.4. The van der Waals surface area contributed by atoms with Gasteiger partial charge in [-0.2, -0.15) is 0 Å². The van der Waals surface area contributed by atoms with E-state index in [9.17, 15) is 14.7 Å². The monoisotopic (exact) mass is 295 g/mol. The lowest BCUT2D eigenvalue weighted by Crippen LogP contribution is -2.55. The Morgan fingerprint density at radius 3 is 2.24 bits per heavy atom. The molecular weight excluding hydrogens is 274 g/mol. The van der Waals surface area contributed by atoms with Crippen molar-refractivity contribution in [3.05, 3.63) is 35.9 Å². The van der Waals surface area contributed by atoms with Crippen molar-refractivity contribution in [1.29, 1.82) is 0 Å². The van der Waals surface area contributed by atoms with E-state index >= 15 is 0 Å². The number of aliphatic carboxylic acids is 1. The number of aliphatic hydroxyl groups is 1. The number of nitrogens with one attached hydrogen (secondary N) is 1. The minimum atomic E-state index is -2.36. The number of hydrogen-bond acceptors (Lipinski definition) is 4. The van der Waals surface area contributed by atoms with E-state index in [2.05, 4.69) is 0 Å². The van der Waals surface area contributed by atoms with Gasteiger partial charge in [0.2, 0.25) is 5.72 Å². The molecule has 0 fully saturated rings. The van der Waals surface area contributed by atoms with Gasteiger partial charge in [0.15, 0.2) is 0 Å². The molecule has 0 bridgehead atoms. The third-order valence-corrected chi connectivity index (χ3v) is 2.68. The predicted octanol–water partition coefficient (Wildman–Crippen LogP) is 1.92. The van der Waals surface area contributed by atoms with Gasteiger partial charge < -0.3 is 14.9 Å². The fourth-order valence-electron chi connectivity index (χ4n) is 1.67. The molecule has 1 aromatic carbocycles. The van der Waals surface area contributed by atoms with Gasteiger partial charge in [0.25, 0.3) is 0 Å². The van der Waals surface area contributed by atoms with Crippen molar-refractivity contribution < 1.29 is 24.5 Å². The highest BCUT2D eigenvalue weighted by atomic mass is 16.6. The molecule has 0 heterocycles. The molecule has 0 saturated carbocycles. The molecule has 0 aromatic heterocycles. The van der Waals surface area contributed by atoms with Crippen LogP contribution in [0.4, 0.5) is 4.79 Å². The Kier molecular flexibility index (Phi) is 5.32. The second-order valence-electron chi connectivity index (χ2n) is 5.78. The summed E-state index contributed by atoms with van der Waals surface area (Å²) in [7, 11) is 0. The standard InChI is InChI=1S/C15H21NO5/c1-14(2,3)21-13(19)16-15(20,12(17)18)10-9-11-7-5-4-6-8-11/h4-8,20H,9-10H2,1-3H3,(H,16,19)(H,17,18)/t15-/m0/s1. The first-order valence-corrected chi connectivity index (χ1v) is 6.63. The van der Waals surface area contributed by atoms with Crippen LogP contribution in [0.25, 0.3) is 0 Å². The van der Waals surface area contributed by atoms with Crippen LogP contribution in [0, 0.1) is 0 Å². The van der Waals surface area contributed by atoms with Crippen molar-refractivity contribution in [2.45, 2.75) is 44.9 Å². The molecule has 0 spiro atoms. The number of carbonyl (C=O) groups excluding carboxylic acids is 1. The van der Waals surface area contributed by atoms with Gasteiger partial charge in [0.1, 0.15) is 5.60 Å². The van der Waals surface area contributed by atoms with E-state index in [4.69, 9.17) is 9.84 Å². The molecule has 6 nitrogen and oxygen atoms in total. The molecule has 0 aliphatic carbocycles. The summed E-state index contributed by atoms with van der Waals surface area (Å²) < 4.78 is 4.96. The molecule has 1 amide bonds. The topological polar surface area (TPSA) is 95.9 Å². The number of carboxylic acids is 1. The number of hydrogen-bond donors (Lipinski definition) is 3. The number of carboxylic acid groups (broad SMARTS) is 1. The summed E-state index contributed by atoms with van der Waals surface area (Å²) in [4.78, 5) is 22.9. The van der Waals surface area contributed by atoms with E-state index in [0.29, 0.717) is 6.42 Å². The largest absolute Gasteiger partial charge is 0.478 e. The normalized spacial score (nSPS) is 14.1. The molecule has 1 aromatic rings. The summed E-state index contributed by atoms with van der Waals surface area (Å²) in [6.45, 7) is 4.95. The highest BCUT2D eigenvalue weighted by Gasteiger charge is 2.38. The Morgan fingerprint density at radius 1 is 1.19 bits per heavy atom. The van der Waals surface area contributed by atoms with Gasteiger partial charge in [-0.3, -0.25) is 5.32 Å². The van der Waals surface area contributed by atoms with E-state index in [0.717, 1.165) is 5.56 Å². The van der Waals surface area contributed by atoms with Gasteiger partial charge in [-0.1, -0.05) is 30.3 Å². The number of aryl methyl sites for hydroxylation is 1. The molecule has 0 aliphatic rings. The maximum atomic E-state index is 11.6. The number of alkyl carbamates (subject to hydrolysis) is 1. The summed E-state index contributed by atoms with van der Waals surface area (Å²) in [6, 6.07) is 9.10. The predicted molar refractivity (Wildman–Crippen MR) is 76.7 cm³/mol. The summed E-state index contributed by atoms with van der Waals surface area (Å²) >= 11 is 0. The maximum Gasteiger partial charge on any atom is 0.410 e. The van der Waals surface area contributed by atoms with Crippen molar-refractivity contribution in [3.8, 4) is 0 Å². The van der Waals surface area contributed by atoms with Crippen molar-refractivity contribution in [2.75, 3.05) is 0 Å². The van der Waals surface area contributed by atoms with Gasteiger partial charge in [-0.05, 0) is 32.8 Å². The van der Waals surface area contributed by atoms with Crippen molar-refractivity contribution >= 4 is 12.1 Å². The van der Waals surface area contributed by atoms with Gasteiger partial charge >= 0.3 is 12.1 Å². The van der Waals surface area contributed by atoms with E-state index in [1.165, 1.54) is 0 Å². The molecule has 0 aliphatic heterocycles. The Bertz CT molecular complexity index is 495. The third-order valence-electron chi connectivity index (χ3n) is 2.68. The summed E-state index contributed by atoms with van der Waals surface area (Å²) in [5.41, 5.74) is -2.27. The summed E-state index contributed by atoms with van der Waals surface area (Å²) in [6.07, 6.45) is -0.828. The fraction of sp³-hybridized carbons (Fsp3) is 0.467. The fourth-order valence-corrected chi connectivity index (χ4v) is 1.67. The van der Waals surface area contributed by atoms with Crippen LogP contribution in [-0.2, 0) is 16.0 Å². The van der Waals surface area contributed by atoms with Crippen LogP contribution in [0.5, 0.6) is 0 Å².